The number of hydrogen-bond donors (Lipinski definition) is 1. The number of likely N-dealkylation sites (tertiary alicyclic amines) is 1. The molecule has 0 radical (unpaired) electrons. The molecular formula is C16H16BrN3OS. The first kappa shape index (κ1) is 15.4. The van der Waals surface area contributed by atoms with E-state index in [0.29, 0.717) is 18.7 Å². The lowest BCUT2D eigenvalue weighted by atomic mass is 9.80. The summed E-state index contributed by atoms with van der Waals surface area (Å²) in [4.78, 5) is 19.1. The Hall–Kier alpha value is -1.53. The number of carbonyl (C=O) groups is 1. The Morgan fingerprint density at radius 1 is 1.41 bits per heavy atom. The second kappa shape index (κ2) is 5.59. The van der Waals surface area contributed by atoms with Crippen LogP contribution in [0.15, 0.2) is 34.9 Å². The van der Waals surface area contributed by atoms with Gasteiger partial charge < -0.3 is 4.90 Å². The number of carbonyl (C=O) groups excluding carboxylic acids is 1. The van der Waals surface area contributed by atoms with E-state index in [4.69, 9.17) is 5.41 Å². The lowest BCUT2D eigenvalue weighted by molar-refractivity contribution is -0.128. The molecule has 0 bridgehead atoms. The van der Waals surface area contributed by atoms with Crippen molar-refractivity contribution in [3.05, 3.63) is 39.9 Å². The van der Waals surface area contributed by atoms with E-state index in [1.165, 1.54) is 4.90 Å². The third kappa shape index (κ3) is 2.73. The lowest BCUT2D eigenvalue weighted by Gasteiger charge is -2.36. The minimum absolute atomic E-state index is 0.0158. The molecule has 114 valence electrons. The normalized spacial score (nSPS) is 22.2. The first-order valence-corrected chi connectivity index (χ1v) is 8.56. The molecule has 1 N–H and O–H groups in total. The van der Waals surface area contributed by atoms with E-state index in [1.54, 1.807) is 18.4 Å². The van der Waals surface area contributed by atoms with Crippen LogP contribution in [0.25, 0.3) is 10.4 Å². The Morgan fingerprint density at radius 2 is 2.18 bits per heavy atom. The number of amides is 1. The third-order valence-electron chi connectivity index (χ3n) is 4.01. The number of amidine groups is 1. The van der Waals surface area contributed by atoms with Crippen molar-refractivity contribution in [1.82, 2.24) is 9.88 Å². The quantitative estimate of drug-likeness (QED) is 0.857. The zero-order chi connectivity index (χ0) is 15.9. The van der Waals surface area contributed by atoms with E-state index in [2.05, 4.69) is 27.0 Å². The Labute approximate surface area is 141 Å². The summed E-state index contributed by atoms with van der Waals surface area (Å²) >= 11 is 5.09. The summed E-state index contributed by atoms with van der Waals surface area (Å²) in [5, 5.41) is 8.93. The van der Waals surface area contributed by atoms with Gasteiger partial charge in [0.05, 0.1) is 9.88 Å². The molecule has 1 aromatic heterocycles. The van der Waals surface area contributed by atoms with Gasteiger partial charge in [-0.2, -0.15) is 0 Å². The van der Waals surface area contributed by atoms with E-state index in [1.807, 2.05) is 31.3 Å². The Morgan fingerprint density at radius 3 is 2.86 bits per heavy atom. The number of thiazole rings is 1. The molecule has 1 aliphatic rings. The first-order valence-electron chi connectivity index (χ1n) is 6.95. The smallest absolute Gasteiger partial charge is 0.228 e. The molecular weight excluding hydrogens is 362 g/mol. The Bertz CT molecular complexity index is 737. The highest BCUT2D eigenvalue weighted by atomic mass is 79.9. The molecule has 1 amide bonds. The second-order valence-electron chi connectivity index (χ2n) is 5.85. The molecule has 1 aromatic carbocycles. The third-order valence-corrected chi connectivity index (χ3v) is 5.85. The molecule has 2 aromatic rings. The van der Waals surface area contributed by atoms with E-state index in [0.717, 1.165) is 19.9 Å². The highest BCUT2D eigenvalue weighted by molar-refractivity contribution is 9.10. The summed E-state index contributed by atoms with van der Waals surface area (Å²) in [6.45, 7) is 2.02. The number of nitrogens with zero attached hydrogens (tertiary/aromatic N) is 2. The standard InChI is InChI=1S/C16H16BrN3OS/c1-16(7-13(18)20(2)14(21)8-16)15-19-9-12(22-15)10-4-3-5-11(17)6-10/h3-6,9,18H,7-8H2,1-2H3/t16-/m0/s1. The molecule has 1 fully saturated rings. The van der Waals surface area contributed by atoms with Crippen LogP contribution < -0.4 is 0 Å². The molecule has 1 aliphatic heterocycles. The average Bonchev–Trinajstić information content (AvgIpc) is 2.95. The summed E-state index contributed by atoms with van der Waals surface area (Å²) in [6, 6.07) is 8.09. The maximum atomic E-state index is 12.1. The largest absolute Gasteiger partial charge is 0.304 e. The summed E-state index contributed by atoms with van der Waals surface area (Å²) in [6.07, 6.45) is 2.80. The second-order valence-corrected chi connectivity index (χ2v) is 7.80. The van der Waals surface area contributed by atoms with Crippen LogP contribution in [0.5, 0.6) is 0 Å². The van der Waals surface area contributed by atoms with Crippen LogP contribution in [0, 0.1) is 5.41 Å². The van der Waals surface area contributed by atoms with E-state index in [9.17, 15) is 4.79 Å². The molecule has 22 heavy (non-hydrogen) atoms. The van der Waals surface area contributed by atoms with Gasteiger partial charge in [0, 0.05) is 36.0 Å². The van der Waals surface area contributed by atoms with Gasteiger partial charge in [0.15, 0.2) is 0 Å². The average molecular weight is 378 g/mol. The molecule has 0 saturated carbocycles. The van der Waals surface area contributed by atoms with Crippen molar-refractivity contribution in [1.29, 1.82) is 5.41 Å². The van der Waals surface area contributed by atoms with Crippen molar-refractivity contribution in [3.63, 3.8) is 0 Å². The maximum absolute atomic E-state index is 12.1. The molecule has 1 atom stereocenters. The van der Waals surface area contributed by atoms with Crippen molar-refractivity contribution in [2.75, 3.05) is 7.05 Å². The Balaban J connectivity index is 1.93. The van der Waals surface area contributed by atoms with Crippen LogP contribution in [-0.4, -0.2) is 28.7 Å². The number of halogens is 1. The summed E-state index contributed by atoms with van der Waals surface area (Å²) in [7, 11) is 1.67. The van der Waals surface area contributed by atoms with Gasteiger partial charge in [-0.25, -0.2) is 4.98 Å². The van der Waals surface area contributed by atoms with Crippen molar-refractivity contribution in [2.45, 2.75) is 25.2 Å². The number of benzene rings is 1. The fraction of sp³-hybridized carbons (Fsp3) is 0.312. The first-order chi connectivity index (χ1) is 10.4. The van der Waals surface area contributed by atoms with Gasteiger partial charge in [-0.05, 0) is 17.7 Å². The zero-order valence-corrected chi connectivity index (χ0v) is 14.8. The predicted octanol–water partition coefficient (Wildman–Crippen LogP) is 4.06. The Kier molecular flexibility index (Phi) is 3.91. The maximum Gasteiger partial charge on any atom is 0.228 e. The summed E-state index contributed by atoms with van der Waals surface area (Å²) < 4.78 is 1.03. The lowest BCUT2D eigenvalue weighted by Crippen LogP contribution is -2.46. The number of rotatable bonds is 2. The molecule has 1 saturated heterocycles. The summed E-state index contributed by atoms with van der Waals surface area (Å²) in [5.41, 5.74) is 0.728. The fourth-order valence-electron chi connectivity index (χ4n) is 2.63. The zero-order valence-electron chi connectivity index (χ0n) is 12.4. The summed E-state index contributed by atoms with van der Waals surface area (Å²) in [5.74, 6) is 0.343. The van der Waals surface area contributed by atoms with Crippen LogP contribution in [0.4, 0.5) is 0 Å². The van der Waals surface area contributed by atoms with E-state index < -0.39 is 0 Å². The van der Waals surface area contributed by atoms with Gasteiger partial charge in [-0.15, -0.1) is 11.3 Å². The molecule has 4 nitrogen and oxygen atoms in total. The van der Waals surface area contributed by atoms with E-state index in [-0.39, 0.29) is 11.3 Å². The van der Waals surface area contributed by atoms with Crippen LogP contribution in [0.1, 0.15) is 24.8 Å². The van der Waals surface area contributed by atoms with E-state index >= 15 is 0 Å². The fourth-order valence-corrected chi connectivity index (χ4v) is 4.09. The van der Waals surface area contributed by atoms with Gasteiger partial charge in [-0.1, -0.05) is 35.0 Å². The molecule has 6 heteroatoms. The monoisotopic (exact) mass is 377 g/mol. The molecule has 3 rings (SSSR count). The van der Waals surface area contributed by atoms with Crippen LogP contribution >= 0.6 is 27.3 Å². The topological polar surface area (TPSA) is 57.1 Å². The van der Waals surface area contributed by atoms with Gasteiger partial charge in [0.2, 0.25) is 5.91 Å². The van der Waals surface area contributed by atoms with Gasteiger partial charge in [0.25, 0.3) is 0 Å². The predicted molar refractivity (Wildman–Crippen MR) is 92.3 cm³/mol. The number of aromatic nitrogens is 1. The van der Waals surface area contributed by atoms with Gasteiger partial charge >= 0.3 is 0 Å². The van der Waals surface area contributed by atoms with Crippen molar-refractivity contribution in [2.24, 2.45) is 0 Å². The number of nitrogens with one attached hydrogen (secondary N) is 1. The van der Waals surface area contributed by atoms with Crippen molar-refractivity contribution >= 4 is 39.0 Å². The molecule has 0 aliphatic carbocycles. The molecule has 2 heterocycles. The van der Waals surface area contributed by atoms with Crippen LogP contribution in [-0.2, 0) is 10.2 Å². The van der Waals surface area contributed by atoms with Crippen molar-refractivity contribution in [3.8, 4) is 10.4 Å². The van der Waals surface area contributed by atoms with Crippen molar-refractivity contribution < 1.29 is 4.79 Å². The minimum atomic E-state index is -0.379. The highest BCUT2D eigenvalue weighted by Crippen LogP contribution is 2.40. The van der Waals surface area contributed by atoms with Gasteiger partial charge in [-0.3, -0.25) is 10.2 Å². The van der Waals surface area contributed by atoms with Crippen LogP contribution in [0.2, 0.25) is 0 Å². The molecule has 0 spiro atoms. The highest BCUT2D eigenvalue weighted by Gasteiger charge is 2.40. The number of piperidine rings is 1. The molecule has 0 unspecified atom stereocenters. The SMILES string of the molecule is CN1C(=N)C[C@](C)(c2ncc(-c3cccc(Br)c3)s2)CC1=O. The minimum Gasteiger partial charge on any atom is -0.304 e. The number of hydrogen-bond acceptors (Lipinski definition) is 4. The van der Waals surface area contributed by atoms with Gasteiger partial charge in [0.1, 0.15) is 5.84 Å². The van der Waals surface area contributed by atoms with Crippen LogP contribution in [0.3, 0.4) is 0 Å².